The molecule has 1 unspecified atom stereocenters. The van der Waals surface area contributed by atoms with Gasteiger partial charge in [0.2, 0.25) is 0 Å². The van der Waals surface area contributed by atoms with Crippen LogP contribution in [0.25, 0.3) is 0 Å². The van der Waals surface area contributed by atoms with E-state index in [1.165, 1.54) is 6.42 Å². The Labute approximate surface area is 132 Å². The molecule has 0 aliphatic carbocycles. The summed E-state index contributed by atoms with van der Waals surface area (Å²) in [5.74, 6) is 1.98. The minimum Gasteiger partial charge on any atom is -0.481 e. The number of piperidine rings is 1. The van der Waals surface area contributed by atoms with E-state index in [1.54, 1.807) is 24.3 Å². The van der Waals surface area contributed by atoms with Crippen LogP contribution in [0, 0.1) is 11.8 Å². The van der Waals surface area contributed by atoms with Gasteiger partial charge >= 0.3 is 0 Å². The van der Waals surface area contributed by atoms with E-state index in [4.69, 9.17) is 16.3 Å². The topological polar surface area (TPSA) is 29.5 Å². The van der Waals surface area contributed by atoms with Crippen LogP contribution < -0.4 is 4.74 Å². The fraction of sp³-hybridized carbons (Fsp3) is 0.588. The van der Waals surface area contributed by atoms with E-state index in [0.29, 0.717) is 22.6 Å². The Balaban J connectivity index is 1.93. The van der Waals surface area contributed by atoms with Gasteiger partial charge in [0, 0.05) is 18.1 Å². The van der Waals surface area contributed by atoms with Crippen LogP contribution in [0.2, 0.25) is 5.02 Å². The summed E-state index contributed by atoms with van der Waals surface area (Å²) < 4.78 is 5.73. The number of ether oxygens (including phenoxy) is 1. The summed E-state index contributed by atoms with van der Waals surface area (Å²) in [6.07, 6.45) is 1.84. The van der Waals surface area contributed by atoms with E-state index in [1.807, 2.05) is 11.8 Å². The molecule has 4 heteroatoms. The van der Waals surface area contributed by atoms with Crippen LogP contribution in [0.15, 0.2) is 24.3 Å². The average Bonchev–Trinajstić information content (AvgIpc) is 2.49. The van der Waals surface area contributed by atoms with Gasteiger partial charge in [0.05, 0.1) is 0 Å². The molecule has 1 aliphatic rings. The zero-order valence-corrected chi connectivity index (χ0v) is 13.8. The molecule has 0 saturated carbocycles. The molecule has 1 aliphatic heterocycles. The lowest BCUT2D eigenvalue weighted by atomic mass is 9.88. The largest absolute Gasteiger partial charge is 0.481 e. The highest BCUT2D eigenvalue weighted by atomic mass is 35.5. The van der Waals surface area contributed by atoms with Crippen LogP contribution in [0.3, 0.4) is 0 Å². The number of rotatable bonds is 4. The number of hydrogen-bond donors (Lipinski definition) is 0. The van der Waals surface area contributed by atoms with Crippen LogP contribution in [-0.4, -0.2) is 30.0 Å². The molecule has 3 nitrogen and oxygen atoms in total. The monoisotopic (exact) mass is 309 g/mol. The molecule has 21 heavy (non-hydrogen) atoms. The van der Waals surface area contributed by atoms with E-state index in [0.717, 1.165) is 19.5 Å². The summed E-state index contributed by atoms with van der Waals surface area (Å²) in [4.78, 5) is 14.5. The van der Waals surface area contributed by atoms with E-state index in [-0.39, 0.29) is 5.91 Å². The van der Waals surface area contributed by atoms with E-state index in [9.17, 15) is 4.79 Å². The van der Waals surface area contributed by atoms with Crippen LogP contribution >= 0.6 is 11.6 Å². The highest BCUT2D eigenvalue weighted by Crippen LogP contribution is 2.24. The van der Waals surface area contributed by atoms with Gasteiger partial charge in [0.25, 0.3) is 5.91 Å². The molecule has 1 aromatic rings. The standard InChI is InChI=1S/C17H24ClNO2/c1-12(2)14-5-4-10-19(11-14)17(20)13(3)21-16-8-6-15(18)7-9-16/h6-9,12-14H,4-5,10-11H2,1-3H3/t13-,14?/m0/s1. The van der Waals surface area contributed by atoms with Crippen molar-refractivity contribution >= 4 is 17.5 Å². The molecule has 0 spiro atoms. The van der Waals surface area contributed by atoms with Crippen molar-refractivity contribution in [1.29, 1.82) is 0 Å². The lowest BCUT2D eigenvalue weighted by Gasteiger charge is -2.36. The molecule has 0 aromatic heterocycles. The molecule has 1 heterocycles. The molecule has 2 atom stereocenters. The van der Waals surface area contributed by atoms with Crippen molar-refractivity contribution in [2.75, 3.05) is 13.1 Å². The first-order chi connectivity index (χ1) is 9.97. The quantitative estimate of drug-likeness (QED) is 0.841. The van der Waals surface area contributed by atoms with Gasteiger partial charge in [0.15, 0.2) is 6.10 Å². The van der Waals surface area contributed by atoms with Gasteiger partial charge in [-0.25, -0.2) is 0 Å². The van der Waals surface area contributed by atoms with Crippen molar-refractivity contribution < 1.29 is 9.53 Å². The summed E-state index contributed by atoms with van der Waals surface area (Å²) in [6, 6.07) is 7.12. The molecular weight excluding hydrogens is 286 g/mol. The van der Waals surface area contributed by atoms with Gasteiger partial charge in [0.1, 0.15) is 5.75 Å². The van der Waals surface area contributed by atoms with Gasteiger partial charge in [-0.2, -0.15) is 0 Å². The lowest BCUT2D eigenvalue weighted by molar-refractivity contribution is -0.140. The summed E-state index contributed by atoms with van der Waals surface area (Å²) in [5.41, 5.74) is 0. The van der Waals surface area contributed by atoms with Gasteiger partial charge in [-0.15, -0.1) is 0 Å². The summed E-state index contributed by atoms with van der Waals surface area (Å²) >= 11 is 5.85. The zero-order chi connectivity index (χ0) is 15.4. The third-order valence-electron chi connectivity index (χ3n) is 4.19. The number of benzene rings is 1. The maximum Gasteiger partial charge on any atom is 0.263 e. The van der Waals surface area contributed by atoms with E-state index >= 15 is 0 Å². The maximum atomic E-state index is 12.5. The smallest absolute Gasteiger partial charge is 0.263 e. The summed E-state index contributed by atoms with van der Waals surface area (Å²) in [7, 11) is 0. The molecule has 116 valence electrons. The number of carbonyl (C=O) groups excluding carboxylic acids is 1. The molecule has 0 N–H and O–H groups in total. The van der Waals surface area contributed by atoms with Crippen LogP contribution in [0.5, 0.6) is 5.75 Å². The third-order valence-corrected chi connectivity index (χ3v) is 4.44. The predicted molar refractivity (Wildman–Crippen MR) is 85.7 cm³/mol. The summed E-state index contributed by atoms with van der Waals surface area (Å²) in [6.45, 7) is 7.97. The molecule has 1 saturated heterocycles. The normalized spacial score (nSPS) is 20.4. The Morgan fingerprint density at radius 3 is 2.57 bits per heavy atom. The first kappa shape index (κ1) is 16.2. The van der Waals surface area contributed by atoms with Crippen molar-refractivity contribution in [3.05, 3.63) is 29.3 Å². The minimum absolute atomic E-state index is 0.0790. The van der Waals surface area contributed by atoms with Crippen molar-refractivity contribution in [3.63, 3.8) is 0 Å². The van der Waals surface area contributed by atoms with Crippen LogP contribution in [0.4, 0.5) is 0 Å². The Hall–Kier alpha value is -1.22. The SMILES string of the molecule is CC(C)C1CCCN(C(=O)[C@H](C)Oc2ccc(Cl)cc2)C1. The molecule has 0 radical (unpaired) electrons. The second kappa shape index (κ2) is 7.17. The average molecular weight is 310 g/mol. The first-order valence-electron chi connectivity index (χ1n) is 7.68. The minimum atomic E-state index is -0.461. The Kier molecular flexibility index (Phi) is 5.51. The predicted octanol–water partition coefficient (Wildman–Crippen LogP) is 4.00. The van der Waals surface area contributed by atoms with Crippen molar-refractivity contribution in [2.24, 2.45) is 11.8 Å². The number of carbonyl (C=O) groups is 1. The number of hydrogen-bond acceptors (Lipinski definition) is 2. The molecule has 1 fully saturated rings. The van der Waals surface area contributed by atoms with Gasteiger partial charge in [-0.1, -0.05) is 25.4 Å². The number of halogens is 1. The van der Waals surface area contributed by atoms with E-state index in [2.05, 4.69) is 13.8 Å². The molecule has 1 aromatic carbocycles. The number of nitrogens with zero attached hydrogens (tertiary/aromatic N) is 1. The Bertz CT molecular complexity index is 472. The second-order valence-electron chi connectivity index (χ2n) is 6.14. The van der Waals surface area contributed by atoms with Gasteiger partial charge < -0.3 is 9.64 Å². The van der Waals surface area contributed by atoms with Crippen LogP contribution in [0.1, 0.15) is 33.6 Å². The summed E-state index contributed by atoms with van der Waals surface area (Å²) in [5, 5.41) is 0.664. The highest BCUT2D eigenvalue weighted by Gasteiger charge is 2.28. The fourth-order valence-corrected chi connectivity index (χ4v) is 2.91. The highest BCUT2D eigenvalue weighted by molar-refractivity contribution is 6.30. The first-order valence-corrected chi connectivity index (χ1v) is 8.06. The lowest BCUT2D eigenvalue weighted by Crippen LogP contribution is -2.46. The van der Waals surface area contributed by atoms with Crippen molar-refractivity contribution in [3.8, 4) is 5.75 Å². The fourth-order valence-electron chi connectivity index (χ4n) is 2.78. The molecule has 1 amide bonds. The van der Waals surface area contributed by atoms with Gasteiger partial charge in [-0.3, -0.25) is 4.79 Å². The maximum absolute atomic E-state index is 12.5. The number of likely N-dealkylation sites (tertiary alicyclic amines) is 1. The van der Waals surface area contributed by atoms with Crippen molar-refractivity contribution in [1.82, 2.24) is 4.90 Å². The molecular formula is C17H24ClNO2. The number of amides is 1. The van der Waals surface area contributed by atoms with E-state index < -0.39 is 6.10 Å². The second-order valence-corrected chi connectivity index (χ2v) is 6.58. The Morgan fingerprint density at radius 2 is 1.95 bits per heavy atom. The van der Waals surface area contributed by atoms with Gasteiger partial charge in [-0.05, 0) is 55.9 Å². The molecule has 2 rings (SSSR count). The van der Waals surface area contributed by atoms with Crippen LogP contribution in [-0.2, 0) is 4.79 Å². The Morgan fingerprint density at radius 1 is 1.29 bits per heavy atom. The molecule has 0 bridgehead atoms. The third kappa shape index (κ3) is 4.37. The zero-order valence-electron chi connectivity index (χ0n) is 13.0. The van der Waals surface area contributed by atoms with Crippen molar-refractivity contribution in [2.45, 2.75) is 39.7 Å².